The standard InChI is InChI=1S/C48H93O9P/c1-3-5-7-9-11-13-15-17-19-21-23-25-27-29-31-33-35-37-39-41-54-44-47(45-56-58(52,53)55-43-46(50)42-49)57-48(51)40-38-36-34-32-30-28-26-24-22-20-18-16-14-12-10-8-6-4-2/h14,16,20,22,46-47,49-50H,3-13,15,17-19,21,23-45H2,1-2H3,(H,52,53)/b16-14-,22-20-. The number of hydrogen-bond acceptors (Lipinski definition) is 8. The van der Waals surface area contributed by atoms with Crippen LogP contribution in [0.1, 0.15) is 232 Å². The van der Waals surface area contributed by atoms with Crippen LogP contribution in [0.15, 0.2) is 24.3 Å². The molecule has 9 nitrogen and oxygen atoms in total. The Kier molecular flexibility index (Phi) is 44.6. The van der Waals surface area contributed by atoms with Gasteiger partial charge in [-0.3, -0.25) is 13.8 Å². The van der Waals surface area contributed by atoms with Gasteiger partial charge in [-0.05, 0) is 44.9 Å². The van der Waals surface area contributed by atoms with Crippen molar-refractivity contribution in [3.63, 3.8) is 0 Å². The second kappa shape index (κ2) is 45.5. The summed E-state index contributed by atoms with van der Waals surface area (Å²) >= 11 is 0. The van der Waals surface area contributed by atoms with Gasteiger partial charge in [-0.1, -0.05) is 205 Å². The molecule has 0 fully saturated rings. The summed E-state index contributed by atoms with van der Waals surface area (Å²) in [5.74, 6) is -0.386. The van der Waals surface area contributed by atoms with Crippen LogP contribution >= 0.6 is 7.82 Å². The number of aliphatic hydroxyl groups is 2. The van der Waals surface area contributed by atoms with E-state index < -0.39 is 33.2 Å². The molecule has 0 amide bonds. The molecule has 344 valence electrons. The number of carbonyl (C=O) groups is 1. The predicted molar refractivity (Wildman–Crippen MR) is 242 cm³/mol. The van der Waals surface area contributed by atoms with Gasteiger partial charge in [-0.25, -0.2) is 4.57 Å². The number of carbonyl (C=O) groups excluding carboxylic acids is 1. The van der Waals surface area contributed by atoms with Crippen molar-refractivity contribution in [2.24, 2.45) is 0 Å². The number of allylic oxidation sites excluding steroid dienone is 4. The molecule has 0 bridgehead atoms. The maximum atomic E-state index is 12.7. The lowest BCUT2D eigenvalue weighted by atomic mass is 10.0. The highest BCUT2D eigenvalue weighted by molar-refractivity contribution is 7.47. The average molecular weight is 845 g/mol. The summed E-state index contributed by atoms with van der Waals surface area (Å²) in [6.45, 7) is 3.54. The Balaban J connectivity index is 4.09. The monoisotopic (exact) mass is 845 g/mol. The van der Waals surface area contributed by atoms with Gasteiger partial charge in [0.15, 0.2) is 0 Å². The van der Waals surface area contributed by atoms with Crippen LogP contribution in [0.2, 0.25) is 0 Å². The van der Waals surface area contributed by atoms with Crippen molar-refractivity contribution in [2.45, 2.75) is 244 Å². The molecule has 0 aromatic carbocycles. The molecule has 3 N–H and O–H groups in total. The summed E-state index contributed by atoms with van der Waals surface area (Å²) < 4.78 is 33.5. The minimum atomic E-state index is -4.52. The molecule has 10 heteroatoms. The maximum Gasteiger partial charge on any atom is 0.472 e. The second-order valence-corrected chi connectivity index (χ2v) is 17.9. The molecule has 0 saturated carbocycles. The molecule has 3 atom stereocenters. The van der Waals surface area contributed by atoms with Gasteiger partial charge in [0.1, 0.15) is 12.2 Å². The van der Waals surface area contributed by atoms with E-state index >= 15 is 0 Å². The summed E-state index contributed by atoms with van der Waals surface area (Å²) in [5, 5.41) is 18.4. The van der Waals surface area contributed by atoms with Crippen molar-refractivity contribution in [1.29, 1.82) is 0 Å². The minimum absolute atomic E-state index is 0.0507. The van der Waals surface area contributed by atoms with Crippen LogP contribution < -0.4 is 0 Å². The fraction of sp³-hybridized carbons (Fsp3) is 0.896. The van der Waals surface area contributed by atoms with Gasteiger partial charge >= 0.3 is 13.8 Å². The van der Waals surface area contributed by atoms with E-state index in [4.69, 9.17) is 23.6 Å². The van der Waals surface area contributed by atoms with Crippen molar-refractivity contribution in [2.75, 3.05) is 33.0 Å². The molecule has 0 saturated heterocycles. The van der Waals surface area contributed by atoms with Crippen LogP contribution in [0.5, 0.6) is 0 Å². The third-order valence-corrected chi connectivity index (χ3v) is 11.6. The Morgan fingerprint density at radius 2 is 0.931 bits per heavy atom. The first-order chi connectivity index (χ1) is 28.3. The zero-order chi connectivity index (χ0) is 42.5. The molecule has 0 spiro atoms. The van der Waals surface area contributed by atoms with Gasteiger partial charge < -0.3 is 24.6 Å². The summed E-state index contributed by atoms with van der Waals surface area (Å²) in [6, 6.07) is 0. The highest BCUT2D eigenvalue weighted by Crippen LogP contribution is 2.43. The smallest absolute Gasteiger partial charge is 0.457 e. The number of phosphoric acid groups is 1. The highest BCUT2D eigenvalue weighted by Gasteiger charge is 2.26. The Hall–Kier alpha value is -1.06. The normalized spacial score (nSPS) is 14.1. The average Bonchev–Trinajstić information content (AvgIpc) is 3.21. The van der Waals surface area contributed by atoms with E-state index in [1.807, 2.05) is 0 Å². The summed E-state index contributed by atoms with van der Waals surface area (Å²) in [7, 11) is -4.52. The van der Waals surface area contributed by atoms with Gasteiger partial charge in [0, 0.05) is 13.0 Å². The van der Waals surface area contributed by atoms with E-state index in [0.29, 0.717) is 6.61 Å². The molecule has 0 rings (SSSR count). The Labute approximate surface area is 357 Å². The summed E-state index contributed by atoms with van der Waals surface area (Å²) in [6.07, 6.45) is 48.5. The molecule has 3 unspecified atom stereocenters. The van der Waals surface area contributed by atoms with Gasteiger partial charge in [0.25, 0.3) is 0 Å². The number of ether oxygens (including phenoxy) is 2. The van der Waals surface area contributed by atoms with E-state index in [9.17, 15) is 19.4 Å². The van der Waals surface area contributed by atoms with E-state index in [1.54, 1.807) is 0 Å². The van der Waals surface area contributed by atoms with Crippen LogP contribution in [0.3, 0.4) is 0 Å². The number of rotatable bonds is 47. The summed E-state index contributed by atoms with van der Waals surface area (Å²) in [4.78, 5) is 22.6. The number of aliphatic hydroxyl groups excluding tert-OH is 2. The first kappa shape index (κ1) is 56.9. The van der Waals surface area contributed by atoms with E-state index in [1.165, 1.54) is 161 Å². The van der Waals surface area contributed by atoms with Crippen LogP contribution in [0.4, 0.5) is 0 Å². The molecule has 58 heavy (non-hydrogen) atoms. The number of phosphoric ester groups is 1. The predicted octanol–water partition coefficient (Wildman–Crippen LogP) is 13.8. The molecule has 0 aliphatic carbocycles. The molecule has 0 aliphatic heterocycles. The van der Waals surface area contributed by atoms with E-state index in [-0.39, 0.29) is 25.6 Å². The van der Waals surface area contributed by atoms with Gasteiger partial charge in [-0.2, -0.15) is 0 Å². The van der Waals surface area contributed by atoms with Crippen molar-refractivity contribution in [1.82, 2.24) is 0 Å². The minimum Gasteiger partial charge on any atom is -0.457 e. The number of esters is 1. The zero-order valence-electron chi connectivity index (χ0n) is 37.8. The molecule has 0 aromatic rings. The van der Waals surface area contributed by atoms with Crippen LogP contribution in [-0.4, -0.2) is 66.3 Å². The van der Waals surface area contributed by atoms with Gasteiger partial charge in [0.2, 0.25) is 0 Å². The molecule has 0 heterocycles. The van der Waals surface area contributed by atoms with Crippen molar-refractivity contribution in [3.8, 4) is 0 Å². The van der Waals surface area contributed by atoms with Gasteiger partial charge in [0.05, 0.1) is 26.4 Å². The van der Waals surface area contributed by atoms with Gasteiger partial charge in [-0.15, -0.1) is 0 Å². The molecule has 0 radical (unpaired) electrons. The maximum absolute atomic E-state index is 12.7. The largest absolute Gasteiger partial charge is 0.472 e. The third kappa shape index (κ3) is 44.5. The van der Waals surface area contributed by atoms with E-state index in [0.717, 1.165) is 51.4 Å². The number of unbranched alkanes of at least 4 members (excludes halogenated alkanes) is 29. The first-order valence-corrected chi connectivity index (χ1v) is 25.8. The lowest BCUT2D eigenvalue weighted by Gasteiger charge is -2.20. The Bertz CT molecular complexity index is 959. The van der Waals surface area contributed by atoms with E-state index in [2.05, 4.69) is 38.2 Å². The van der Waals surface area contributed by atoms with Crippen LogP contribution in [0.25, 0.3) is 0 Å². The number of hydrogen-bond donors (Lipinski definition) is 3. The quantitative estimate of drug-likeness (QED) is 0.0237. The zero-order valence-corrected chi connectivity index (χ0v) is 38.7. The second-order valence-electron chi connectivity index (χ2n) is 16.5. The topological polar surface area (TPSA) is 132 Å². The van der Waals surface area contributed by atoms with Crippen LogP contribution in [0, 0.1) is 0 Å². The Morgan fingerprint density at radius 3 is 1.40 bits per heavy atom. The molecule has 0 aliphatic rings. The lowest BCUT2D eigenvalue weighted by molar-refractivity contribution is -0.154. The highest BCUT2D eigenvalue weighted by atomic mass is 31.2. The molecular weight excluding hydrogens is 751 g/mol. The summed E-state index contributed by atoms with van der Waals surface area (Å²) in [5.41, 5.74) is 0. The van der Waals surface area contributed by atoms with Crippen molar-refractivity contribution < 1.29 is 43.0 Å². The van der Waals surface area contributed by atoms with Crippen molar-refractivity contribution in [3.05, 3.63) is 24.3 Å². The lowest BCUT2D eigenvalue weighted by Crippen LogP contribution is -2.29. The third-order valence-electron chi connectivity index (χ3n) is 10.6. The molecule has 0 aromatic heterocycles. The SMILES string of the molecule is CCCCCC/C=C\C/C=C\CCCCCCCCCC(=O)OC(COCCCCCCCCCCCCCCCCCCCCC)COP(=O)(O)OCC(O)CO. The fourth-order valence-electron chi connectivity index (χ4n) is 6.92. The Morgan fingerprint density at radius 1 is 0.534 bits per heavy atom. The van der Waals surface area contributed by atoms with Crippen LogP contribution in [-0.2, 0) is 27.9 Å². The van der Waals surface area contributed by atoms with Crippen molar-refractivity contribution >= 4 is 13.8 Å². The first-order valence-electron chi connectivity index (χ1n) is 24.3. The molecular formula is C48H93O9P. The fourth-order valence-corrected chi connectivity index (χ4v) is 7.71.